The second-order valence-corrected chi connectivity index (χ2v) is 4.54. The van der Waals surface area contributed by atoms with Crippen molar-refractivity contribution in [3.8, 4) is 0 Å². The van der Waals surface area contributed by atoms with E-state index in [-0.39, 0.29) is 24.4 Å². The molecule has 1 fully saturated rings. The summed E-state index contributed by atoms with van der Waals surface area (Å²) in [5.41, 5.74) is 0. The highest BCUT2D eigenvalue weighted by atomic mass is 35.5. The number of hydrogen-bond acceptors (Lipinski definition) is 3. The number of nitrogens with zero attached hydrogens (tertiary/aromatic N) is 1. The highest BCUT2D eigenvalue weighted by Gasteiger charge is 2.27. The van der Waals surface area contributed by atoms with E-state index in [0.717, 1.165) is 19.5 Å². The molecule has 1 saturated heterocycles. The number of nitrogens with one attached hydrogen (secondary N) is 1. The van der Waals surface area contributed by atoms with Crippen LogP contribution in [0.1, 0.15) is 26.7 Å². The molecule has 0 aromatic heterocycles. The van der Waals surface area contributed by atoms with Crippen molar-refractivity contribution in [2.24, 2.45) is 0 Å². The van der Waals surface area contributed by atoms with Gasteiger partial charge in [0.2, 0.25) is 5.91 Å². The molecular weight excluding hydrogens is 252 g/mol. The molecule has 0 radical (unpaired) electrons. The van der Waals surface area contributed by atoms with Crippen molar-refractivity contribution < 1.29 is 9.53 Å². The summed E-state index contributed by atoms with van der Waals surface area (Å²) in [6, 6.07) is 0.662. The molecule has 18 heavy (non-hydrogen) atoms. The molecule has 0 aromatic carbocycles. The molecule has 0 aromatic rings. The molecule has 0 saturated carbocycles. The quantitative estimate of drug-likeness (QED) is 0.592. The van der Waals surface area contributed by atoms with Gasteiger partial charge in [-0.05, 0) is 20.3 Å². The van der Waals surface area contributed by atoms with Crippen molar-refractivity contribution in [3.05, 3.63) is 12.7 Å². The van der Waals surface area contributed by atoms with E-state index in [9.17, 15) is 4.79 Å². The van der Waals surface area contributed by atoms with Crippen LogP contribution in [0.5, 0.6) is 0 Å². The van der Waals surface area contributed by atoms with Crippen LogP contribution in [0.15, 0.2) is 12.7 Å². The Bertz CT molecular complexity index is 261. The number of halogens is 1. The largest absolute Gasteiger partial charge is 0.377 e. The zero-order chi connectivity index (χ0) is 12.7. The minimum Gasteiger partial charge on any atom is -0.377 e. The van der Waals surface area contributed by atoms with Gasteiger partial charge in [0, 0.05) is 38.2 Å². The third-order valence-electron chi connectivity index (χ3n) is 3.27. The predicted octanol–water partition coefficient (Wildman–Crippen LogP) is 1.60. The summed E-state index contributed by atoms with van der Waals surface area (Å²) in [5, 5.41) is 3.37. The zero-order valence-electron chi connectivity index (χ0n) is 11.4. The molecule has 2 unspecified atom stereocenters. The fraction of sp³-hybridized carbons (Fsp3) is 0.769. The first-order chi connectivity index (χ1) is 8.16. The van der Waals surface area contributed by atoms with Crippen LogP contribution < -0.4 is 5.32 Å². The highest BCUT2D eigenvalue weighted by molar-refractivity contribution is 5.85. The lowest BCUT2D eigenvalue weighted by Gasteiger charge is -2.38. The number of hydrogen-bond donors (Lipinski definition) is 1. The maximum absolute atomic E-state index is 12.0. The molecule has 0 aliphatic carbocycles. The maximum atomic E-state index is 12.0. The van der Waals surface area contributed by atoms with E-state index in [1.165, 1.54) is 0 Å². The van der Waals surface area contributed by atoms with Crippen molar-refractivity contribution in [2.45, 2.75) is 38.8 Å². The number of piperazine rings is 1. The Balaban J connectivity index is 0.00000289. The normalized spacial score (nSPS) is 23.3. The van der Waals surface area contributed by atoms with Crippen molar-refractivity contribution in [2.75, 3.05) is 26.3 Å². The van der Waals surface area contributed by atoms with Gasteiger partial charge in [-0.15, -0.1) is 19.0 Å². The Morgan fingerprint density at radius 2 is 2.28 bits per heavy atom. The van der Waals surface area contributed by atoms with E-state index >= 15 is 0 Å². The summed E-state index contributed by atoms with van der Waals surface area (Å²) in [5.74, 6) is 0.244. The average molecular weight is 277 g/mol. The fourth-order valence-corrected chi connectivity index (χ4v) is 2.04. The van der Waals surface area contributed by atoms with Crippen LogP contribution in [0.25, 0.3) is 0 Å². The maximum Gasteiger partial charge on any atom is 0.222 e. The summed E-state index contributed by atoms with van der Waals surface area (Å²) < 4.78 is 5.27. The van der Waals surface area contributed by atoms with Gasteiger partial charge in [0.15, 0.2) is 0 Å². The molecular formula is C13H25ClN2O2. The molecule has 106 valence electrons. The highest BCUT2D eigenvalue weighted by Crippen LogP contribution is 2.11. The summed E-state index contributed by atoms with van der Waals surface area (Å²) in [6.45, 7) is 10.7. The Kier molecular flexibility index (Phi) is 9.06. The van der Waals surface area contributed by atoms with Crippen molar-refractivity contribution in [3.63, 3.8) is 0 Å². The van der Waals surface area contributed by atoms with Crippen molar-refractivity contribution in [1.82, 2.24) is 10.2 Å². The van der Waals surface area contributed by atoms with Gasteiger partial charge in [0.05, 0.1) is 6.61 Å². The van der Waals surface area contributed by atoms with E-state index in [1.807, 2.05) is 4.90 Å². The van der Waals surface area contributed by atoms with E-state index in [4.69, 9.17) is 4.74 Å². The first kappa shape index (κ1) is 17.4. The lowest BCUT2D eigenvalue weighted by atomic mass is 10.1. The molecule has 4 nitrogen and oxygen atoms in total. The first-order valence-corrected chi connectivity index (χ1v) is 6.38. The van der Waals surface area contributed by atoms with Gasteiger partial charge in [-0.1, -0.05) is 6.08 Å². The molecule has 0 bridgehead atoms. The topological polar surface area (TPSA) is 41.6 Å². The monoisotopic (exact) mass is 276 g/mol. The molecule has 0 spiro atoms. The van der Waals surface area contributed by atoms with Crippen LogP contribution in [0.2, 0.25) is 0 Å². The average Bonchev–Trinajstić information content (AvgIpc) is 2.32. The van der Waals surface area contributed by atoms with Gasteiger partial charge in [-0.2, -0.15) is 0 Å². The van der Waals surface area contributed by atoms with Crippen LogP contribution in [0, 0.1) is 0 Å². The molecule has 1 aliphatic rings. The van der Waals surface area contributed by atoms with Gasteiger partial charge in [-0.3, -0.25) is 4.79 Å². The van der Waals surface area contributed by atoms with Crippen molar-refractivity contribution >= 4 is 18.3 Å². The van der Waals surface area contributed by atoms with Crippen LogP contribution in [0.3, 0.4) is 0 Å². The number of amides is 1. The standard InChI is InChI=1S/C13H24N2O2.ClH/c1-4-9-17-10-5-6-13(16)15-8-7-14-11(2)12(15)3;/h4,11-12,14H,1,5-10H2,2-3H3;1H. The molecule has 1 rings (SSSR count). The van der Waals surface area contributed by atoms with Gasteiger partial charge < -0.3 is 15.0 Å². The third-order valence-corrected chi connectivity index (χ3v) is 3.27. The zero-order valence-corrected chi connectivity index (χ0v) is 12.2. The summed E-state index contributed by atoms with van der Waals surface area (Å²) in [6.07, 6.45) is 3.09. The van der Waals surface area contributed by atoms with E-state index < -0.39 is 0 Å². The summed E-state index contributed by atoms with van der Waals surface area (Å²) in [7, 11) is 0. The minimum atomic E-state index is 0. The van der Waals surface area contributed by atoms with Crippen LogP contribution in [0.4, 0.5) is 0 Å². The Morgan fingerprint density at radius 3 is 2.94 bits per heavy atom. The van der Waals surface area contributed by atoms with Gasteiger partial charge in [-0.25, -0.2) is 0 Å². The number of carbonyl (C=O) groups excluding carboxylic acids is 1. The molecule has 1 aliphatic heterocycles. The summed E-state index contributed by atoms with van der Waals surface area (Å²) in [4.78, 5) is 14.0. The SMILES string of the molecule is C=CCOCCCC(=O)N1CCNC(C)C1C.Cl. The summed E-state index contributed by atoms with van der Waals surface area (Å²) >= 11 is 0. The molecule has 1 heterocycles. The van der Waals surface area contributed by atoms with Crippen LogP contribution in [-0.2, 0) is 9.53 Å². The van der Waals surface area contributed by atoms with Crippen molar-refractivity contribution in [1.29, 1.82) is 0 Å². The Morgan fingerprint density at radius 1 is 1.56 bits per heavy atom. The van der Waals surface area contributed by atoms with Gasteiger partial charge >= 0.3 is 0 Å². The second kappa shape index (κ2) is 9.36. The lowest BCUT2D eigenvalue weighted by molar-refractivity contribution is -0.135. The predicted molar refractivity (Wildman–Crippen MR) is 76.1 cm³/mol. The number of rotatable bonds is 6. The minimum absolute atomic E-state index is 0. The molecule has 5 heteroatoms. The smallest absolute Gasteiger partial charge is 0.222 e. The van der Waals surface area contributed by atoms with E-state index in [1.54, 1.807) is 6.08 Å². The molecule has 1 N–H and O–H groups in total. The molecule has 1 amide bonds. The van der Waals surface area contributed by atoms with E-state index in [2.05, 4.69) is 25.7 Å². The fourth-order valence-electron chi connectivity index (χ4n) is 2.04. The molecule has 2 atom stereocenters. The third kappa shape index (κ3) is 5.38. The first-order valence-electron chi connectivity index (χ1n) is 6.38. The van der Waals surface area contributed by atoms with Crippen LogP contribution >= 0.6 is 12.4 Å². The van der Waals surface area contributed by atoms with Gasteiger partial charge in [0.1, 0.15) is 0 Å². The Hall–Kier alpha value is -0.580. The number of carbonyl (C=O) groups is 1. The second-order valence-electron chi connectivity index (χ2n) is 4.54. The van der Waals surface area contributed by atoms with E-state index in [0.29, 0.717) is 25.7 Å². The lowest BCUT2D eigenvalue weighted by Crippen LogP contribution is -2.57. The Labute approximate surface area is 116 Å². The van der Waals surface area contributed by atoms with Crippen LogP contribution in [-0.4, -0.2) is 49.2 Å². The number of ether oxygens (including phenoxy) is 1. The van der Waals surface area contributed by atoms with Gasteiger partial charge in [0.25, 0.3) is 0 Å².